The minimum absolute atomic E-state index is 0.312. The van der Waals surface area contributed by atoms with Gasteiger partial charge in [-0.25, -0.2) is 13.4 Å². The predicted molar refractivity (Wildman–Crippen MR) is 143 cm³/mol. The van der Waals surface area contributed by atoms with Gasteiger partial charge in [-0.2, -0.15) is 0 Å². The van der Waals surface area contributed by atoms with Crippen molar-refractivity contribution < 1.29 is 18.6 Å². The number of rotatable bonds is 5. The number of aliphatic hydroxyl groups is 2. The molecule has 0 fully saturated rings. The quantitative estimate of drug-likeness (QED) is 0.200. The summed E-state index contributed by atoms with van der Waals surface area (Å²) < 4.78 is 25.2. The number of thiazole rings is 1. The summed E-state index contributed by atoms with van der Waals surface area (Å²) in [6, 6.07) is 20.6. The minimum atomic E-state index is -3.38. The van der Waals surface area contributed by atoms with Crippen LogP contribution in [-0.2, 0) is 10.0 Å². The van der Waals surface area contributed by atoms with Crippen molar-refractivity contribution in [2.75, 3.05) is 11.0 Å². The van der Waals surface area contributed by atoms with E-state index in [0.29, 0.717) is 27.5 Å². The van der Waals surface area contributed by atoms with E-state index in [2.05, 4.69) is 26.5 Å². The molecule has 0 aliphatic rings. The molecule has 0 unspecified atom stereocenters. The van der Waals surface area contributed by atoms with Gasteiger partial charge >= 0.3 is 0 Å². The second-order valence-corrected chi connectivity index (χ2v) is 10.8. The molecular formula is C27H21N3O4S2. The van der Waals surface area contributed by atoms with Crippen LogP contribution in [0.2, 0.25) is 0 Å². The van der Waals surface area contributed by atoms with Crippen LogP contribution in [0.3, 0.4) is 0 Å². The first kappa shape index (κ1) is 23.8. The van der Waals surface area contributed by atoms with Gasteiger partial charge in [0, 0.05) is 44.9 Å². The molecule has 0 saturated heterocycles. The number of H-pyrrole nitrogens is 1. The van der Waals surface area contributed by atoms with E-state index < -0.39 is 16.3 Å². The van der Waals surface area contributed by atoms with E-state index in [1.165, 1.54) is 11.3 Å². The summed E-state index contributed by atoms with van der Waals surface area (Å²) in [6.45, 7) is 0. The molecule has 9 heteroatoms. The van der Waals surface area contributed by atoms with Gasteiger partial charge in [0.05, 0.1) is 11.9 Å². The third-order valence-corrected chi connectivity index (χ3v) is 6.97. The second kappa shape index (κ2) is 9.60. The van der Waals surface area contributed by atoms with Crippen LogP contribution in [0.1, 0.15) is 23.0 Å². The highest BCUT2D eigenvalue weighted by atomic mass is 32.2. The maximum Gasteiger partial charge on any atom is 0.231 e. The van der Waals surface area contributed by atoms with Gasteiger partial charge in [-0.15, -0.1) is 11.3 Å². The van der Waals surface area contributed by atoms with Crippen LogP contribution in [0.15, 0.2) is 78.3 Å². The van der Waals surface area contributed by atoms with Gasteiger partial charge in [0.1, 0.15) is 0 Å². The van der Waals surface area contributed by atoms with Gasteiger partial charge in [-0.1, -0.05) is 48.2 Å². The van der Waals surface area contributed by atoms with Crippen LogP contribution in [0.4, 0.5) is 5.13 Å². The summed E-state index contributed by atoms with van der Waals surface area (Å²) in [5, 5.41) is 23.2. The Morgan fingerprint density at radius 3 is 2.53 bits per heavy atom. The second-order valence-electron chi connectivity index (χ2n) is 8.16. The molecule has 5 rings (SSSR count). The Kier molecular flexibility index (Phi) is 6.35. The molecule has 0 bridgehead atoms. The zero-order valence-electron chi connectivity index (χ0n) is 19.1. The van der Waals surface area contributed by atoms with Gasteiger partial charge in [-0.05, 0) is 41.3 Å². The van der Waals surface area contributed by atoms with Crippen LogP contribution in [0.25, 0.3) is 33.3 Å². The molecule has 4 N–H and O–H groups in total. The standard InChI is InChI=1S/C27H21N3O4S2/c1-36(33,34)30-27-29-24(16-35-27)18-8-5-17(6-9-18)7-10-20-3-2-4-22(26(31)32)25(20)21-12-11-19-13-14-28-23(19)15-21/h2-6,8-9,11-16,26,28,31-32H,1H3,(H,29,30). The van der Waals surface area contributed by atoms with Crippen molar-refractivity contribution in [2.45, 2.75) is 6.29 Å². The Hall–Kier alpha value is -3.94. The summed E-state index contributed by atoms with van der Waals surface area (Å²) >= 11 is 1.21. The maximum atomic E-state index is 11.4. The van der Waals surface area contributed by atoms with Crippen molar-refractivity contribution in [3.05, 3.63) is 95.0 Å². The summed E-state index contributed by atoms with van der Waals surface area (Å²) in [5.74, 6) is 6.34. The van der Waals surface area contributed by atoms with E-state index in [0.717, 1.165) is 33.8 Å². The normalized spacial score (nSPS) is 11.4. The Labute approximate surface area is 212 Å². The lowest BCUT2D eigenvalue weighted by atomic mass is 9.93. The fourth-order valence-electron chi connectivity index (χ4n) is 3.89. The zero-order chi connectivity index (χ0) is 25.3. The molecule has 7 nitrogen and oxygen atoms in total. The summed E-state index contributed by atoms with van der Waals surface area (Å²) in [5.41, 5.74) is 5.76. The van der Waals surface area contributed by atoms with E-state index in [-0.39, 0.29) is 0 Å². The summed E-state index contributed by atoms with van der Waals surface area (Å²) in [4.78, 5) is 7.51. The fourth-order valence-corrected chi connectivity index (χ4v) is 5.46. The number of benzene rings is 3. The lowest BCUT2D eigenvalue weighted by molar-refractivity contribution is -0.0420. The number of fused-ring (bicyclic) bond motifs is 1. The number of hydrogen-bond acceptors (Lipinski definition) is 6. The average molecular weight is 516 g/mol. The highest BCUT2D eigenvalue weighted by Gasteiger charge is 2.15. The Bertz CT molecular complexity index is 1720. The van der Waals surface area contributed by atoms with Crippen molar-refractivity contribution in [3.8, 4) is 34.2 Å². The lowest BCUT2D eigenvalue weighted by Crippen LogP contribution is -2.08. The molecule has 0 saturated carbocycles. The van der Waals surface area contributed by atoms with Gasteiger partial charge in [0.15, 0.2) is 11.4 Å². The average Bonchev–Trinajstić information content (AvgIpc) is 3.50. The number of aliphatic hydroxyl groups excluding tert-OH is 1. The van der Waals surface area contributed by atoms with E-state index >= 15 is 0 Å². The number of anilines is 1. The molecule has 0 atom stereocenters. The molecule has 0 aliphatic carbocycles. The Balaban J connectivity index is 1.47. The van der Waals surface area contributed by atoms with Crippen molar-refractivity contribution in [3.63, 3.8) is 0 Å². The van der Waals surface area contributed by atoms with Crippen LogP contribution < -0.4 is 4.72 Å². The molecule has 2 aromatic heterocycles. The van der Waals surface area contributed by atoms with E-state index in [1.807, 2.05) is 60.8 Å². The largest absolute Gasteiger partial charge is 0.364 e. The van der Waals surface area contributed by atoms with Gasteiger partial charge < -0.3 is 15.2 Å². The molecule has 2 heterocycles. The topological polar surface area (TPSA) is 115 Å². The highest BCUT2D eigenvalue weighted by Crippen LogP contribution is 2.33. The van der Waals surface area contributed by atoms with Crippen LogP contribution >= 0.6 is 11.3 Å². The first-order valence-electron chi connectivity index (χ1n) is 10.9. The number of sulfonamides is 1. The molecule has 0 radical (unpaired) electrons. The monoisotopic (exact) mass is 515 g/mol. The molecule has 0 spiro atoms. The SMILES string of the molecule is CS(=O)(=O)Nc1nc(-c2ccc(C#Cc3cccc(C(O)O)c3-c3ccc4cc[nH]c4c3)cc2)cs1. The van der Waals surface area contributed by atoms with E-state index in [4.69, 9.17) is 0 Å². The Morgan fingerprint density at radius 2 is 1.78 bits per heavy atom. The number of nitrogens with zero attached hydrogens (tertiary/aromatic N) is 1. The van der Waals surface area contributed by atoms with Crippen molar-refractivity contribution in [2.24, 2.45) is 0 Å². The highest BCUT2D eigenvalue weighted by molar-refractivity contribution is 7.92. The molecule has 0 amide bonds. The molecule has 5 aromatic rings. The summed E-state index contributed by atoms with van der Waals surface area (Å²) in [6.07, 6.45) is 1.31. The molecule has 36 heavy (non-hydrogen) atoms. The zero-order valence-corrected chi connectivity index (χ0v) is 20.7. The molecule has 3 aromatic carbocycles. The fraction of sp³-hybridized carbons (Fsp3) is 0.0741. The minimum Gasteiger partial charge on any atom is -0.364 e. The van der Waals surface area contributed by atoms with Gasteiger partial charge in [0.25, 0.3) is 0 Å². The maximum absolute atomic E-state index is 11.4. The van der Waals surface area contributed by atoms with E-state index in [9.17, 15) is 18.6 Å². The van der Waals surface area contributed by atoms with Crippen molar-refractivity contribution >= 4 is 37.4 Å². The smallest absolute Gasteiger partial charge is 0.231 e. The number of aromatic nitrogens is 2. The van der Waals surface area contributed by atoms with Crippen LogP contribution in [0.5, 0.6) is 0 Å². The van der Waals surface area contributed by atoms with Crippen molar-refractivity contribution in [1.82, 2.24) is 9.97 Å². The first-order valence-corrected chi connectivity index (χ1v) is 13.7. The predicted octanol–water partition coefficient (Wildman–Crippen LogP) is 4.71. The van der Waals surface area contributed by atoms with E-state index in [1.54, 1.807) is 17.5 Å². The van der Waals surface area contributed by atoms with Crippen molar-refractivity contribution in [1.29, 1.82) is 0 Å². The third kappa shape index (κ3) is 5.17. The first-order chi connectivity index (χ1) is 17.3. The number of aromatic amines is 1. The number of nitrogens with one attached hydrogen (secondary N) is 2. The van der Waals surface area contributed by atoms with Gasteiger partial charge in [-0.3, -0.25) is 4.72 Å². The molecular weight excluding hydrogens is 494 g/mol. The van der Waals surface area contributed by atoms with Gasteiger partial charge in [0.2, 0.25) is 10.0 Å². The number of hydrogen-bond donors (Lipinski definition) is 4. The van der Waals surface area contributed by atoms with Crippen LogP contribution in [-0.4, -0.2) is 34.9 Å². The third-order valence-electron chi connectivity index (χ3n) is 5.52. The Morgan fingerprint density at radius 1 is 1.00 bits per heavy atom. The molecule has 0 aliphatic heterocycles. The summed E-state index contributed by atoms with van der Waals surface area (Å²) in [7, 11) is -3.38. The van der Waals surface area contributed by atoms with Crippen LogP contribution in [0, 0.1) is 11.8 Å². The molecule has 180 valence electrons. The lowest BCUT2D eigenvalue weighted by Gasteiger charge is -2.14.